The molecule has 0 saturated heterocycles. The van der Waals surface area contributed by atoms with Crippen molar-refractivity contribution < 1.29 is 21.8 Å². The van der Waals surface area contributed by atoms with E-state index in [1.165, 1.54) is 0 Å². The van der Waals surface area contributed by atoms with E-state index in [4.69, 9.17) is 0 Å². The van der Waals surface area contributed by atoms with E-state index in [0.29, 0.717) is 12.1 Å². The van der Waals surface area contributed by atoms with Gasteiger partial charge in [-0.25, -0.2) is 4.79 Å². The molecule has 0 aliphatic heterocycles. The maximum absolute atomic E-state index is 12.8. The van der Waals surface area contributed by atoms with Crippen LogP contribution in [0.25, 0.3) is 0 Å². The van der Waals surface area contributed by atoms with Gasteiger partial charge in [-0.15, -0.1) is 0 Å². The highest BCUT2D eigenvalue weighted by Gasteiger charge is 2.20. The second-order valence-electron chi connectivity index (χ2n) is 5.32. The largest absolute Gasteiger partial charge is 1.00 e. The molecule has 0 aliphatic carbocycles. The summed E-state index contributed by atoms with van der Waals surface area (Å²) in [6.07, 6.45) is 1.91. The van der Waals surface area contributed by atoms with Crippen molar-refractivity contribution in [1.29, 1.82) is 0 Å². The molecule has 0 saturated carbocycles. The maximum atomic E-state index is 12.8. The summed E-state index contributed by atoms with van der Waals surface area (Å²) in [5.74, 6) is -0.00157. The molecule has 24 heavy (non-hydrogen) atoms. The van der Waals surface area contributed by atoms with Gasteiger partial charge < -0.3 is 12.4 Å². The SMILES string of the molecule is O=C(c1ccccc1)[N+](=Cc1ccccc1)Cc1ccccc1.[Cl-]. The summed E-state index contributed by atoms with van der Waals surface area (Å²) in [5, 5.41) is 0. The third-order valence-corrected chi connectivity index (χ3v) is 3.58. The number of carbonyl (C=O) groups is 1. The standard InChI is InChI=1S/C21H18NO.ClH/c23-21(20-14-8-3-9-15-20)22(16-18-10-4-1-5-11-18)17-19-12-6-2-7-13-19;/h1-16H,17H2;1H/q+1;/p-1. The molecule has 0 spiro atoms. The molecule has 0 N–H and O–H groups in total. The number of hydrogen-bond donors (Lipinski definition) is 0. The third kappa shape index (κ3) is 4.64. The van der Waals surface area contributed by atoms with Crippen LogP contribution in [0.2, 0.25) is 0 Å². The number of rotatable bonds is 4. The first-order chi connectivity index (χ1) is 11.3. The lowest BCUT2D eigenvalue weighted by molar-refractivity contribution is -0.440. The van der Waals surface area contributed by atoms with Crippen LogP contribution in [-0.4, -0.2) is 16.7 Å². The van der Waals surface area contributed by atoms with Gasteiger partial charge >= 0.3 is 5.91 Å². The van der Waals surface area contributed by atoms with E-state index in [0.717, 1.165) is 11.1 Å². The predicted octanol–water partition coefficient (Wildman–Crippen LogP) is 1.16. The fourth-order valence-electron chi connectivity index (χ4n) is 2.42. The van der Waals surface area contributed by atoms with Crippen molar-refractivity contribution in [3.63, 3.8) is 0 Å². The monoisotopic (exact) mass is 335 g/mol. The van der Waals surface area contributed by atoms with Gasteiger partial charge in [0.15, 0.2) is 12.8 Å². The van der Waals surface area contributed by atoms with Crippen LogP contribution in [-0.2, 0) is 6.54 Å². The van der Waals surface area contributed by atoms with E-state index in [1.807, 2.05) is 97.2 Å². The molecule has 0 unspecified atom stereocenters. The summed E-state index contributed by atoms with van der Waals surface area (Å²) in [7, 11) is 0. The van der Waals surface area contributed by atoms with E-state index < -0.39 is 0 Å². The van der Waals surface area contributed by atoms with Gasteiger partial charge in [-0.2, -0.15) is 4.58 Å². The molecule has 0 bridgehead atoms. The van der Waals surface area contributed by atoms with Crippen LogP contribution in [0.1, 0.15) is 21.5 Å². The smallest absolute Gasteiger partial charge is 0.419 e. The Morgan fingerprint density at radius 2 is 1.25 bits per heavy atom. The second-order valence-corrected chi connectivity index (χ2v) is 5.32. The minimum atomic E-state index is -0.00157. The number of amides is 1. The van der Waals surface area contributed by atoms with Crippen LogP contribution in [0.4, 0.5) is 0 Å². The lowest BCUT2D eigenvalue weighted by Crippen LogP contribution is -3.00. The van der Waals surface area contributed by atoms with Gasteiger partial charge in [-0.3, -0.25) is 0 Å². The molecule has 3 aromatic rings. The number of carbonyl (C=O) groups excluding carboxylic acids is 1. The predicted molar refractivity (Wildman–Crippen MR) is 92.8 cm³/mol. The van der Waals surface area contributed by atoms with Crippen molar-refractivity contribution in [2.24, 2.45) is 0 Å². The van der Waals surface area contributed by atoms with Crippen molar-refractivity contribution >= 4 is 12.1 Å². The van der Waals surface area contributed by atoms with Gasteiger partial charge in [0.1, 0.15) is 0 Å². The highest BCUT2D eigenvalue weighted by Crippen LogP contribution is 2.07. The van der Waals surface area contributed by atoms with Gasteiger partial charge in [0.25, 0.3) is 0 Å². The molecule has 0 aromatic heterocycles. The Hall–Kier alpha value is -2.71. The number of halogens is 1. The molecule has 0 fully saturated rings. The second kappa shape index (κ2) is 8.80. The van der Waals surface area contributed by atoms with E-state index in [1.54, 1.807) is 4.58 Å². The summed E-state index contributed by atoms with van der Waals surface area (Å²) >= 11 is 0. The topological polar surface area (TPSA) is 20.1 Å². The average molecular weight is 336 g/mol. The van der Waals surface area contributed by atoms with E-state index >= 15 is 0 Å². The quantitative estimate of drug-likeness (QED) is 0.517. The molecule has 3 rings (SSSR count). The Bertz CT molecular complexity index is 799. The average Bonchev–Trinajstić information content (AvgIpc) is 2.63. The zero-order valence-electron chi connectivity index (χ0n) is 13.2. The van der Waals surface area contributed by atoms with Gasteiger partial charge in [-0.1, -0.05) is 66.7 Å². The minimum Gasteiger partial charge on any atom is -1.00 e. The summed E-state index contributed by atoms with van der Waals surface area (Å²) in [5.41, 5.74) is 2.80. The molecule has 2 nitrogen and oxygen atoms in total. The minimum absolute atomic E-state index is 0. The van der Waals surface area contributed by atoms with Crippen LogP contribution in [0.15, 0.2) is 91.0 Å². The molecule has 1 amide bonds. The maximum Gasteiger partial charge on any atom is 0.419 e. The van der Waals surface area contributed by atoms with Crippen molar-refractivity contribution in [3.05, 3.63) is 108 Å². The fraction of sp³-hybridized carbons (Fsp3) is 0.0476. The third-order valence-electron chi connectivity index (χ3n) is 3.58. The molecular formula is C21H18ClNO. The van der Waals surface area contributed by atoms with Crippen LogP contribution >= 0.6 is 0 Å². The number of nitrogens with zero attached hydrogens (tertiary/aromatic N) is 1. The zero-order chi connectivity index (χ0) is 15.9. The molecule has 0 radical (unpaired) electrons. The van der Waals surface area contributed by atoms with Crippen LogP contribution in [0.5, 0.6) is 0 Å². The molecular weight excluding hydrogens is 318 g/mol. The van der Waals surface area contributed by atoms with E-state index in [9.17, 15) is 4.79 Å². The van der Waals surface area contributed by atoms with Crippen molar-refractivity contribution in [2.45, 2.75) is 6.54 Å². The van der Waals surface area contributed by atoms with Gasteiger partial charge in [-0.05, 0) is 24.3 Å². The van der Waals surface area contributed by atoms with Crippen LogP contribution < -0.4 is 12.4 Å². The van der Waals surface area contributed by atoms with Crippen molar-refractivity contribution in [2.75, 3.05) is 0 Å². The normalized spacial score (nSPS) is 10.8. The van der Waals surface area contributed by atoms with Crippen LogP contribution in [0, 0.1) is 0 Å². The first-order valence-electron chi connectivity index (χ1n) is 7.63. The molecule has 0 heterocycles. The first-order valence-corrected chi connectivity index (χ1v) is 7.63. The van der Waals surface area contributed by atoms with Gasteiger partial charge in [0, 0.05) is 11.1 Å². The summed E-state index contributed by atoms with van der Waals surface area (Å²) in [6, 6.07) is 29.3. The molecule has 0 atom stereocenters. The van der Waals surface area contributed by atoms with Gasteiger partial charge in [0.2, 0.25) is 0 Å². The first kappa shape index (κ1) is 17.6. The highest BCUT2D eigenvalue weighted by atomic mass is 35.5. The summed E-state index contributed by atoms with van der Waals surface area (Å²) in [4.78, 5) is 12.8. The van der Waals surface area contributed by atoms with Gasteiger partial charge in [0.05, 0.1) is 5.56 Å². The Balaban J connectivity index is 0.00000208. The molecule has 3 heteroatoms. The Morgan fingerprint density at radius 3 is 1.83 bits per heavy atom. The van der Waals surface area contributed by atoms with E-state index in [2.05, 4.69) is 0 Å². The Morgan fingerprint density at radius 1 is 0.750 bits per heavy atom. The molecule has 3 aromatic carbocycles. The fourth-order valence-corrected chi connectivity index (χ4v) is 2.42. The highest BCUT2D eigenvalue weighted by molar-refractivity contribution is 5.91. The lowest BCUT2D eigenvalue weighted by atomic mass is 10.1. The lowest BCUT2D eigenvalue weighted by Gasteiger charge is -2.03. The van der Waals surface area contributed by atoms with Crippen molar-refractivity contribution in [1.82, 2.24) is 0 Å². The summed E-state index contributed by atoms with van der Waals surface area (Å²) in [6.45, 7) is 0.545. The molecule has 0 aliphatic rings. The van der Waals surface area contributed by atoms with E-state index in [-0.39, 0.29) is 18.3 Å². The number of hydrogen-bond acceptors (Lipinski definition) is 1. The molecule has 120 valence electrons. The Kier molecular flexibility index (Phi) is 6.47. The number of benzene rings is 3. The Labute approximate surface area is 148 Å². The van der Waals surface area contributed by atoms with Crippen LogP contribution in [0.3, 0.4) is 0 Å². The van der Waals surface area contributed by atoms with Crippen molar-refractivity contribution in [3.8, 4) is 0 Å². The zero-order valence-corrected chi connectivity index (χ0v) is 13.9. The summed E-state index contributed by atoms with van der Waals surface area (Å²) < 4.78 is 1.76.